The van der Waals surface area contributed by atoms with Crippen molar-refractivity contribution in [1.82, 2.24) is 4.72 Å². The Morgan fingerprint density at radius 3 is 2.45 bits per heavy atom. The third kappa shape index (κ3) is 4.34. The fourth-order valence-electron chi connectivity index (χ4n) is 1.89. The molecule has 0 heterocycles. The Labute approximate surface area is 124 Å². The highest BCUT2D eigenvalue weighted by molar-refractivity contribution is 7.88. The summed E-state index contributed by atoms with van der Waals surface area (Å²) in [6, 6.07) is 14.5. The molecule has 0 saturated heterocycles. The maximum Gasteiger partial charge on any atom is 0.216 e. The number of halogens is 1. The summed E-state index contributed by atoms with van der Waals surface area (Å²) in [6.07, 6.45) is 0. The molecule has 0 spiro atoms. The number of nitrogens with one attached hydrogen (secondary N) is 1. The van der Waals surface area contributed by atoms with Gasteiger partial charge in [-0.3, -0.25) is 0 Å². The first-order chi connectivity index (χ1) is 9.46. The van der Waals surface area contributed by atoms with E-state index in [1.165, 1.54) is 0 Å². The Bertz CT molecular complexity index is 684. The average Bonchev–Trinajstić information content (AvgIpc) is 2.38. The van der Waals surface area contributed by atoms with Gasteiger partial charge in [-0.05, 0) is 35.7 Å². The molecule has 2 aromatic carbocycles. The first-order valence-electron chi connectivity index (χ1n) is 6.22. The van der Waals surface area contributed by atoms with Crippen LogP contribution in [-0.4, -0.2) is 8.42 Å². The Hall–Kier alpha value is -1.36. The molecule has 3 nitrogen and oxygen atoms in total. The summed E-state index contributed by atoms with van der Waals surface area (Å²) in [5.74, 6) is -0.0134. The van der Waals surface area contributed by atoms with E-state index >= 15 is 0 Å². The highest BCUT2D eigenvalue weighted by atomic mass is 35.5. The zero-order valence-electron chi connectivity index (χ0n) is 11.1. The van der Waals surface area contributed by atoms with Crippen LogP contribution in [0.2, 0.25) is 5.02 Å². The fraction of sp³-hybridized carbons (Fsp3) is 0.200. The van der Waals surface area contributed by atoms with Gasteiger partial charge >= 0.3 is 0 Å². The van der Waals surface area contributed by atoms with Gasteiger partial charge < -0.3 is 0 Å². The number of benzene rings is 2. The predicted molar refractivity (Wildman–Crippen MR) is 82.1 cm³/mol. The molecular weight excluding hydrogens is 294 g/mol. The van der Waals surface area contributed by atoms with Crippen LogP contribution in [0.4, 0.5) is 0 Å². The van der Waals surface area contributed by atoms with Gasteiger partial charge in [0.1, 0.15) is 0 Å². The van der Waals surface area contributed by atoms with Gasteiger partial charge in [-0.25, -0.2) is 13.1 Å². The van der Waals surface area contributed by atoms with Gasteiger partial charge in [-0.1, -0.05) is 48.0 Å². The van der Waals surface area contributed by atoms with E-state index in [0.717, 1.165) is 16.7 Å². The molecule has 0 aliphatic heterocycles. The first-order valence-corrected chi connectivity index (χ1v) is 8.25. The number of rotatable bonds is 5. The van der Waals surface area contributed by atoms with Crippen LogP contribution in [0.1, 0.15) is 16.7 Å². The molecule has 0 aromatic heterocycles. The molecule has 2 aromatic rings. The van der Waals surface area contributed by atoms with Crippen LogP contribution in [0.5, 0.6) is 0 Å². The van der Waals surface area contributed by atoms with Crippen LogP contribution in [0.25, 0.3) is 0 Å². The van der Waals surface area contributed by atoms with Crippen molar-refractivity contribution in [2.75, 3.05) is 0 Å². The molecular formula is C15H16ClNO2S. The lowest BCUT2D eigenvalue weighted by atomic mass is 10.1. The Balaban J connectivity index is 2.02. The summed E-state index contributed by atoms with van der Waals surface area (Å²) in [7, 11) is -3.34. The van der Waals surface area contributed by atoms with E-state index < -0.39 is 10.0 Å². The lowest BCUT2D eigenvalue weighted by Crippen LogP contribution is -2.25. The van der Waals surface area contributed by atoms with Crippen molar-refractivity contribution < 1.29 is 8.42 Å². The molecule has 0 aliphatic carbocycles. The molecule has 0 unspecified atom stereocenters. The van der Waals surface area contributed by atoms with E-state index in [1.54, 1.807) is 18.2 Å². The second kappa shape index (κ2) is 6.39. The number of sulfonamides is 1. The van der Waals surface area contributed by atoms with E-state index in [4.69, 9.17) is 11.6 Å². The van der Waals surface area contributed by atoms with Crippen molar-refractivity contribution in [3.05, 3.63) is 70.2 Å². The van der Waals surface area contributed by atoms with Crippen LogP contribution in [0, 0.1) is 6.92 Å². The highest BCUT2D eigenvalue weighted by Crippen LogP contribution is 2.15. The van der Waals surface area contributed by atoms with Crippen molar-refractivity contribution >= 4 is 21.6 Å². The normalized spacial score (nSPS) is 11.5. The van der Waals surface area contributed by atoms with Gasteiger partial charge in [0.2, 0.25) is 10.0 Å². The topological polar surface area (TPSA) is 46.2 Å². The first kappa shape index (κ1) is 15.0. The zero-order valence-corrected chi connectivity index (χ0v) is 12.7. The summed E-state index contributed by atoms with van der Waals surface area (Å²) in [5.41, 5.74) is 2.67. The van der Waals surface area contributed by atoms with Crippen molar-refractivity contribution in [1.29, 1.82) is 0 Å². The van der Waals surface area contributed by atoms with Gasteiger partial charge in [0, 0.05) is 11.6 Å². The Kier molecular flexibility index (Phi) is 4.81. The monoisotopic (exact) mass is 309 g/mol. The minimum atomic E-state index is -3.34. The van der Waals surface area contributed by atoms with Gasteiger partial charge in [0.05, 0.1) is 5.75 Å². The van der Waals surface area contributed by atoms with Crippen molar-refractivity contribution in [3.63, 3.8) is 0 Å². The lowest BCUT2D eigenvalue weighted by Gasteiger charge is -2.09. The van der Waals surface area contributed by atoms with Crippen molar-refractivity contribution in [2.24, 2.45) is 0 Å². The predicted octanol–water partition coefficient (Wildman–Crippen LogP) is 3.27. The molecule has 0 aliphatic rings. The molecule has 2 rings (SSSR count). The molecule has 106 valence electrons. The molecule has 0 amide bonds. The number of aryl methyl sites for hydroxylation is 1. The van der Waals surface area contributed by atoms with Crippen LogP contribution in [-0.2, 0) is 22.3 Å². The van der Waals surface area contributed by atoms with Crippen LogP contribution in [0.3, 0.4) is 0 Å². The smallest absolute Gasteiger partial charge is 0.212 e. The molecule has 1 N–H and O–H groups in total. The van der Waals surface area contributed by atoms with E-state index in [2.05, 4.69) is 4.72 Å². The third-order valence-corrected chi connectivity index (χ3v) is 4.52. The quantitative estimate of drug-likeness (QED) is 0.921. The van der Waals surface area contributed by atoms with Crippen molar-refractivity contribution in [2.45, 2.75) is 19.2 Å². The summed E-state index contributed by atoms with van der Waals surface area (Å²) >= 11 is 5.88. The van der Waals surface area contributed by atoms with E-state index in [-0.39, 0.29) is 12.3 Å². The molecule has 0 fully saturated rings. The second-order valence-corrected chi connectivity index (χ2v) is 6.88. The summed E-state index contributed by atoms with van der Waals surface area (Å²) in [6.45, 7) is 2.19. The number of hydrogen-bond donors (Lipinski definition) is 1. The highest BCUT2D eigenvalue weighted by Gasteiger charge is 2.11. The van der Waals surface area contributed by atoms with Gasteiger partial charge in [0.25, 0.3) is 0 Å². The van der Waals surface area contributed by atoms with E-state index in [1.807, 2.05) is 37.3 Å². The second-order valence-electron chi connectivity index (χ2n) is 4.64. The molecule has 20 heavy (non-hydrogen) atoms. The van der Waals surface area contributed by atoms with E-state index in [0.29, 0.717) is 5.02 Å². The molecule has 0 atom stereocenters. The molecule has 5 heteroatoms. The largest absolute Gasteiger partial charge is 0.216 e. The average molecular weight is 310 g/mol. The standard InChI is InChI=1S/C15H16ClNO2S/c1-12-9-15(16)8-7-14(12)10-17-20(18,19)11-13-5-3-2-4-6-13/h2-9,17H,10-11H2,1H3. The number of hydrogen-bond acceptors (Lipinski definition) is 2. The van der Waals surface area contributed by atoms with Crippen LogP contribution >= 0.6 is 11.6 Å². The zero-order chi connectivity index (χ0) is 14.6. The fourth-order valence-corrected chi connectivity index (χ4v) is 3.23. The van der Waals surface area contributed by atoms with Gasteiger partial charge in [-0.2, -0.15) is 0 Å². The molecule has 0 bridgehead atoms. The van der Waals surface area contributed by atoms with Gasteiger partial charge in [-0.15, -0.1) is 0 Å². The van der Waals surface area contributed by atoms with Crippen LogP contribution < -0.4 is 4.72 Å². The summed E-state index contributed by atoms with van der Waals surface area (Å²) in [5, 5.41) is 0.651. The minimum Gasteiger partial charge on any atom is -0.212 e. The summed E-state index contributed by atoms with van der Waals surface area (Å²) < 4.78 is 26.6. The Morgan fingerprint density at radius 1 is 1.10 bits per heavy atom. The summed E-state index contributed by atoms with van der Waals surface area (Å²) in [4.78, 5) is 0. The maximum atomic E-state index is 12.0. The molecule has 0 saturated carbocycles. The lowest BCUT2D eigenvalue weighted by molar-refractivity contribution is 0.580. The van der Waals surface area contributed by atoms with Crippen molar-refractivity contribution in [3.8, 4) is 0 Å². The van der Waals surface area contributed by atoms with Gasteiger partial charge in [0.15, 0.2) is 0 Å². The minimum absolute atomic E-state index is 0.0134. The third-order valence-electron chi connectivity index (χ3n) is 2.99. The van der Waals surface area contributed by atoms with E-state index in [9.17, 15) is 8.42 Å². The Morgan fingerprint density at radius 2 is 1.80 bits per heavy atom. The van der Waals surface area contributed by atoms with Crippen LogP contribution in [0.15, 0.2) is 48.5 Å². The SMILES string of the molecule is Cc1cc(Cl)ccc1CNS(=O)(=O)Cc1ccccc1. The molecule has 0 radical (unpaired) electrons. The maximum absolute atomic E-state index is 12.0.